The second-order valence-electron chi connectivity index (χ2n) is 7.92. The summed E-state index contributed by atoms with van der Waals surface area (Å²) in [4.78, 5) is 0.365. The fourth-order valence-electron chi connectivity index (χ4n) is 3.38. The SMILES string of the molecule is CC1(C)OB(C2=CCCCCC2S(=O)(=O)c2ccccc2)OC1(C)C. The molecule has 0 spiro atoms. The third-order valence-corrected chi connectivity index (χ3v) is 7.83. The zero-order valence-corrected chi connectivity index (χ0v) is 16.3. The predicted octanol–water partition coefficient (Wildman–Crippen LogP) is 3.96. The van der Waals surface area contributed by atoms with E-state index in [4.69, 9.17) is 9.31 Å². The van der Waals surface area contributed by atoms with Crippen molar-refractivity contribution in [2.75, 3.05) is 0 Å². The summed E-state index contributed by atoms with van der Waals surface area (Å²) in [6.07, 6.45) is 5.37. The highest BCUT2D eigenvalue weighted by Gasteiger charge is 2.54. The maximum atomic E-state index is 13.3. The Morgan fingerprint density at radius 2 is 1.60 bits per heavy atom. The first-order valence-corrected chi connectivity index (χ1v) is 10.5. The van der Waals surface area contributed by atoms with Crippen molar-refractivity contribution >= 4 is 17.0 Å². The highest BCUT2D eigenvalue weighted by molar-refractivity contribution is 7.92. The Kier molecular flexibility index (Phi) is 4.90. The first-order chi connectivity index (χ1) is 11.7. The molecular weight excluding hydrogens is 335 g/mol. The highest BCUT2D eigenvalue weighted by atomic mass is 32.2. The van der Waals surface area contributed by atoms with Crippen molar-refractivity contribution in [2.45, 2.75) is 74.7 Å². The van der Waals surface area contributed by atoms with Crippen molar-refractivity contribution < 1.29 is 17.7 Å². The minimum Gasteiger partial charge on any atom is -0.400 e. The first-order valence-electron chi connectivity index (χ1n) is 9.00. The van der Waals surface area contributed by atoms with Crippen LogP contribution in [-0.2, 0) is 19.1 Å². The predicted molar refractivity (Wildman–Crippen MR) is 100 cm³/mol. The van der Waals surface area contributed by atoms with Gasteiger partial charge in [-0.1, -0.05) is 30.7 Å². The Morgan fingerprint density at radius 3 is 2.20 bits per heavy atom. The number of hydrogen-bond donors (Lipinski definition) is 0. The van der Waals surface area contributed by atoms with Crippen LogP contribution in [0, 0.1) is 0 Å². The van der Waals surface area contributed by atoms with Gasteiger partial charge in [-0.2, -0.15) is 0 Å². The molecule has 0 saturated carbocycles. The van der Waals surface area contributed by atoms with Crippen LogP contribution in [0.3, 0.4) is 0 Å². The van der Waals surface area contributed by atoms with E-state index in [0.29, 0.717) is 11.3 Å². The standard InChI is InChI=1S/C19H27BO4S/c1-18(2)19(3,4)24-20(23-18)16-13-9-6-10-14-17(16)25(21,22)15-11-7-5-8-12-15/h5,7-8,11-13,17H,6,9-10,14H2,1-4H3. The van der Waals surface area contributed by atoms with Crippen molar-refractivity contribution in [1.29, 1.82) is 0 Å². The van der Waals surface area contributed by atoms with E-state index in [9.17, 15) is 8.42 Å². The molecule has 1 unspecified atom stereocenters. The molecule has 1 fully saturated rings. The zero-order valence-electron chi connectivity index (χ0n) is 15.5. The van der Waals surface area contributed by atoms with Gasteiger partial charge in [0.1, 0.15) is 0 Å². The molecule has 1 aromatic carbocycles. The lowest BCUT2D eigenvalue weighted by Crippen LogP contribution is -2.41. The van der Waals surface area contributed by atoms with Gasteiger partial charge in [-0.3, -0.25) is 0 Å². The van der Waals surface area contributed by atoms with E-state index in [2.05, 4.69) is 0 Å². The van der Waals surface area contributed by atoms with Gasteiger partial charge in [0.2, 0.25) is 0 Å². The largest absolute Gasteiger partial charge is 0.491 e. The Hall–Kier alpha value is -1.11. The first kappa shape index (κ1) is 18.7. The maximum Gasteiger partial charge on any atom is 0.491 e. The summed E-state index contributed by atoms with van der Waals surface area (Å²) < 4.78 is 38.9. The molecule has 0 N–H and O–H groups in total. The van der Waals surface area contributed by atoms with Crippen molar-refractivity contribution in [1.82, 2.24) is 0 Å². The summed E-state index contributed by atoms with van der Waals surface area (Å²) >= 11 is 0. The van der Waals surface area contributed by atoms with Gasteiger partial charge in [-0.15, -0.1) is 0 Å². The topological polar surface area (TPSA) is 52.6 Å². The van der Waals surface area contributed by atoms with Crippen LogP contribution in [0.5, 0.6) is 0 Å². The quantitative estimate of drug-likeness (QED) is 0.764. The van der Waals surface area contributed by atoms with Gasteiger partial charge in [0.15, 0.2) is 9.84 Å². The van der Waals surface area contributed by atoms with E-state index in [1.54, 1.807) is 24.3 Å². The van der Waals surface area contributed by atoms with Crippen LogP contribution in [0.1, 0.15) is 53.4 Å². The van der Waals surface area contributed by atoms with E-state index < -0.39 is 33.4 Å². The maximum absolute atomic E-state index is 13.3. The molecule has 1 aliphatic carbocycles. The Bertz CT molecular complexity index is 737. The smallest absolute Gasteiger partial charge is 0.400 e. The van der Waals surface area contributed by atoms with Crippen LogP contribution < -0.4 is 0 Å². The van der Waals surface area contributed by atoms with Gasteiger partial charge in [-0.25, -0.2) is 8.42 Å². The molecule has 0 radical (unpaired) electrons. The van der Waals surface area contributed by atoms with Gasteiger partial charge in [0, 0.05) is 0 Å². The Morgan fingerprint density at radius 1 is 1.00 bits per heavy atom. The number of hydrogen-bond acceptors (Lipinski definition) is 4. The lowest BCUT2D eigenvalue weighted by atomic mass is 9.75. The minimum atomic E-state index is -3.47. The molecule has 1 saturated heterocycles. The summed E-state index contributed by atoms with van der Waals surface area (Å²) in [6, 6.07) is 8.70. The summed E-state index contributed by atoms with van der Waals surface area (Å²) in [6.45, 7) is 7.96. The molecule has 6 heteroatoms. The molecule has 136 valence electrons. The number of sulfone groups is 1. The molecule has 3 rings (SSSR count). The number of benzene rings is 1. The molecule has 25 heavy (non-hydrogen) atoms. The van der Waals surface area contributed by atoms with E-state index in [-0.39, 0.29) is 0 Å². The lowest BCUT2D eigenvalue weighted by Gasteiger charge is -2.32. The van der Waals surface area contributed by atoms with Crippen LogP contribution in [0.15, 0.2) is 46.8 Å². The minimum absolute atomic E-state index is 0.365. The lowest BCUT2D eigenvalue weighted by molar-refractivity contribution is 0.00578. The fourth-order valence-corrected chi connectivity index (χ4v) is 5.28. The number of rotatable bonds is 3. The van der Waals surface area contributed by atoms with Crippen LogP contribution in [-0.4, -0.2) is 32.0 Å². The molecular formula is C19H27BO4S. The van der Waals surface area contributed by atoms with Crippen LogP contribution in [0.4, 0.5) is 0 Å². The summed E-state index contributed by atoms with van der Waals surface area (Å²) in [5, 5.41) is -0.591. The molecule has 2 aliphatic rings. The average Bonchev–Trinajstić information content (AvgIpc) is 2.74. The van der Waals surface area contributed by atoms with E-state index >= 15 is 0 Å². The van der Waals surface area contributed by atoms with Crippen LogP contribution in [0.2, 0.25) is 0 Å². The van der Waals surface area contributed by atoms with Crippen molar-refractivity contribution in [3.63, 3.8) is 0 Å². The molecule has 4 nitrogen and oxygen atoms in total. The summed E-state index contributed by atoms with van der Waals surface area (Å²) in [5.41, 5.74) is -0.197. The summed E-state index contributed by atoms with van der Waals surface area (Å²) in [7, 11) is -4.08. The van der Waals surface area contributed by atoms with Gasteiger partial charge in [-0.05, 0) is 64.6 Å². The third-order valence-electron chi connectivity index (χ3n) is 5.64. The van der Waals surface area contributed by atoms with Gasteiger partial charge < -0.3 is 9.31 Å². The third kappa shape index (κ3) is 3.44. The highest BCUT2D eigenvalue weighted by Crippen LogP contribution is 2.41. The molecule has 0 amide bonds. The van der Waals surface area contributed by atoms with Gasteiger partial charge >= 0.3 is 7.12 Å². The van der Waals surface area contributed by atoms with Crippen molar-refractivity contribution in [3.05, 3.63) is 41.9 Å². The number of allylic oxidation sites excluding steroid dienone is 1. The molecule has 1 aliphatic heterocycles. The van der Waals surface area contributed by atoms with Crippen LogP contribution >= 0.6 is 0 Å². The molecule has 1 aromatic rings. The molecule has 0 aromatic heterocycles. The summed E-state index contributed by atoms with van der Waals surface area (Å²) in [5.74, 6) is 0. The Labute approximate surface area is 151 Å². The van der Waals surface area contributed by atoms with Gasteiger partial charge in [0.25, 0.3) is 0 Å². The molecule has 1 atom stereocenters. The molecule has 1 heterocycles. The molecule has 0 bridgehead atoms. The Balaban J connectivity index is 1.98. The average molecular weight is 362 g/mol. The fraction of sp³-hybridized carbons (Fsp3) is 0.579. The van der Waals surface area contributed by atoms with E-state index in [1.807, 2.05) is 39.8 Å². The second kappa shape index (κ2) is 6.56. The normalized spacial score (nSPS) is 26.2. The van der Waals surface area contributed by atoms with Crippen molar-refractivity contribution in [2.24, 2.45) is 0 Å². The monoisotopic (exact) mass is 362 g/mol. The van der Waals surface area contributed by atoms with Gasteiger partial charge in [0.05, 0.1) is 21.3 Å². The van der Waals surface area contributed by atoms with E-state index in [1.165, 1.54) is 0 Å². The van der Waals surface area contributed by atoms with Crippen molar-refractivity contribution in [3.8, 4) is 0 Å². The zero-order chi connectivity index (χ0) is 18.3. The second-order valence-corrected chi connectivity index (χ2v) is 10.1. The van der Waals surface area contributed by atoms with Crippen LogP contribution in [0.25, 0.3) is 0 Å². The van der Waals surface area contributed by atoms with E-state index in [0.717, 1.165) is 24.7 Å².